The molecule has 0 spiro atoms. The first-order chi connectivity index (χ1) is 17.3. The number of Topliss-reactive ketones (excluding diaryl/α,β-unsaturated/α-hetero) is 1. The van der Waals surface area contributed by atoms with Crippen molar-refractivity contribution in [1.29, 1.82) is 0 Å². The fourth-order valence-electron chi connectivity index (χ4n) is 3.98. The van der Waals surface area contributed by atoms with Crippen molar-refractivity contribution in [2.75, 3.05) is 32.7 Å². The standard InChI is InChI=1S/C27H35N5O4.ClH/c1-19(31-27(36)23(28)16-21-9-11-22(33)12-10-21)26(35)30-18-25(34)24-17-29-13-15-32(24)14-5-8-20-6-3-2-4-7-20;/h2-12,19,23-24,29,33H,13-18,28H2,1H3,(H,30,35)(H,31,36);1H/t19-,23+,24?;/m1./s1. The molecular weight excluding hydrogens is 494 g/mol. The minimum atomic E-state index is -0.850. The molecule has 3 rings (SSSR count). The Bertz CT molecular complexity index is 1050. The molecule has 1 fully saturated rings. The van der Waals surface area contributed by atoms with Crippen LogP contribution in [0.5, 0.6) is 5.75 Å². The Labute approximate surface area is 223 Å². The van der Waals surface area contributed by atoms with Crippen LogP contribution >= 0.6 is 12.4 Å². The predicted molar refractivity (Wildman–Crippen MR) is 146 cm³/mol. The number of amides is 2. The van der Waals surface area contributed by atoms with E-state index in [0.29, 0.717) is 13.1 Å². The fourth-order valence-corrected chi connectivity index (χ4v) is 3.98. The van der Waals surface area contributed by atoms with Crippen LogP contribution in [-0.4, -0.2) is 78.5 Å². The number of nitrogens with one attached hydrogen (secondary N) is 3. The van der Waals surface area contributed by atoms with Gasteiger partial charge >= 0.3 is 0 Å². The molecule has 0 saturated carbocycles. The van der Waals surface area contributed by atoms with Crippen LogP contribution in [0.1, 0.15) is 18.1 Å². The third-order valence-corrected chi connectivity index (χ3v) is 6.09. The summed E-state index contributed by atoms with van der Waals surface area (Å²) in [6.07, 6.45) is 4.34. The third kappa shape index (κ3) is 9.62. The molecule has 0 bridgehead atoms. The van der Waals surface area contributed by atoms with E-state index < -0.39 is 23.9 Å². The number of piperazine rings is 1. The minimum absolute atomic E-state index is 0. The average molecular weight is 530 g/mol. The highest BCUT2D eigenvalue weighted by atomic mass is 35.5. The van der Waals surface area contributed by atoms with Crippen LogP contribution in [0.3, 0.4) is 0 Å². The number of nitrogens with two attached hydrogens (primary N) is 1. The SMILES string of the molecule is C[C@@H](NC(=O)[C@@H](N)Cc1ccc(O)cc1)C(=O)NCC(=O)C1CNCCN1CC=Cc1ccccc1.Cl. The monoisotopic (exact) mass is 529 g/mol. The number of hydrogen-bond donors (Lipinski definition) is 5. The molecule has 3 atom stereocenters. The van der Waals surface area contributed by atoms with Gasteiger partial charge in [-0.3, -0.25) is 19.3 Å². The summed E-state index contributed by atoms with van der Waals surface area (Å²) in [4.78, 5) is 39.9. The molecule has 1 saturated heterocycles. The van der Waals surface area contributed by atoms with Gasteiger partial charge < -0.3 is 26.8 Å². The summed E-state index contributed by atoms with van der Waals surface area (Å²) < 4.78 is 0. The molecule has 10 heteroatoms. The summed E-state index contributed by atoms with van der Waals surface area (Å²) in [5.41, 5.74) is 7.86. The fraction of sp³-hybridized carbons (Fsp3) is 0.370. The van der Waals surface area contributed by atoms with Crippen molar-refractivity contribution in [3.63, 3.8) is 0 Å². The quantitative estimate of drug-likeness (QED) is 0.291. The van der Waals surface area contributed by atoms with Crippen molar-refractivity contribution in [1.82, 2.24) is 20.9 Å². The molecule has 1 heterocycles. The molecular formula is C27H36ClN5O4. The Hall–Kier alpha value is -3.24. The second-order valence-corrected chi connectivity index (χ2v) is 8.92. The number of nitrogens with zero attached hydrogens (tertiary/aromatic N) is 1. The van der Waals surface area contributed by atoms with Crippen LogP contribution < -0.4 is 21.7 Å². The molecule has 2 aromatic carbocycles. The third-order valence-electron chi connectivity index (χ3n) is 6.09. The van der Waals surface area contributed by atoms with Gasteiger partial charge in [0.25, 0.3) is 0 Å². The molecule has 0 aromatic heterocycles. The number of aromatic hydroxyl groups is 1. The number of carbonyl (C=O) groups is 3. The van der Waals surface area contributed by atoms with Crippen molar-refractivity contribution in [2.24, 2.45) is 5.73 Å². The number of halogens is 1. The summed E-state index contributed by atoms with van der Waals surface area (Å²) >= 11 is 0. The second kappa shape index (κ2) is 15.1. The lowest BCUT2D eigenvalue weighted by molar-refractivity contribution is -0.131. The van der Waals surface area contributed by atoms with Gasteiger partial charge in [-0.2, -0.15) is 0 Å². The summed E-state index contributed by atoms with van der Waals surface area (Å²) in [6, 6.07) is 14.3. The van der Waals surface area contributed by atoms with Gasteiger partial charge in [0.05, 0.1) is 18.6 Å². The zero-order chi connectivity index (χ0) is 25.9. The molecule has 1 aliphatic rings. The molecule has 2 amide bonds. The first kappa shape index (κ1) is 30.0. The Morgan fingerprint density at radius 2 is 1.84 bits per heavy atom. The van der Waals surface area contributed by atoms with Crippen molar-refractivity contribution in [3.8, 4) is 5.75 Å². The maximum Gasteiger partial charge on any atom is 0.242 e. The second-order valence-electron chi connectivity index (χ2n) is 8.92. The van der Waals surface area contributed by atoms with Gasteiger partial charge in [0, 0.05) is 26.2 Å². The summed E-state index contributed by atoms with van der Waals surface area (Å²) in [6.45, 7) is 4.11. The van der Waals surface area contributed by atoms with Crippen LogP contribution in [-0.2, 0) is 20.8 Å². The van der Waals surface area contributed by atoms with Crippen molar-refractivity contribution >= 4 is 36.1 Å². The first-order valence-electron chi connectivity index (χ1n) is 12.1. The van der Waals surface area contributed by atoms with Gasteiger partial charge in [-0.05, 0) is 36.6 Å². The Morgan fingerprint density at radius 1 is 1.14 bits per heavy atom. The number of phenols is 1. The smallest absolute Gasteiger partial charge is 0.242 e. The Balaban J connectivity index is 0.00000481. The van der Waals surface area contributed by atoms with Crippen LogP contribution in [0.4, 0.5) is 0 Å². The number of phenolic OH excluding ortho intramolecular Hbond substituents is 1. The number of hydrogen-bond acceptors (Lipinski definition) is 7. The van der Waals surface area contributed by atoms with Crippen molar-refractivity contribution in [2.45, 2.75) is 31.5 Å². The predicted octanol–water partition coefficient (Wildman–Crippen LogP) is 0.861. The molecule has 0 aliphatic carbocycles. The highest BCUT2D eigenvalue weighted by Crippen LogP contribution is 2.11. The number of rotatable bonds is 11. The van der Waals surface area contributed by atoms with E-state index in [1.165, 1.54) is 12.1 Å². The maximum atomic E-state index is 12.9. The first-order valence-corrected chi connectivity index (χ1v) is 12.1. The molecule has 2 aromatic rings. The van der Waals surface area contributed by atoms with Gasteiger partial charge in [0.2, 0.25) is 11.8 Å². The minimum Gasteiger partial charge on any atom is -0.508 e. The topological polar surface area (TPSA) is 137 Å². The van der Waals surface area contributed by atoms with E-state index in [1.54, 1.807) is 19.1 Å². The largest absolute Gasteiger partial charge is 0.508 e. The van der Waals surface area contributed by atoms with E-state index in [-0.39, 0.29) is 42.9 Å². The summed E-state index contributed by atoms with van der Waals surface area (Å²) in [5.74, 6) is -0.878. The lowest BCUT2D eigenvalue weighted by atomic mass is 10.1. The van der Waals surface area contributed by atoms with Gasteiger partial charge in [-0.1, -0.05) is 54.6 Å². The Kier molecular flexibility index (Phi) is 12.2. The zero-order valence-corrected chi connectivity index (χ0v) is 21.7. The van der Waals surface area contributed by atoms with E-state index in [9.17, 15) is 19.5 Å². The zero-order valence-electron chi connectivity index (χ0n) is 20.9. The van der Waals surface area contributed by atoms with Crippen LogP contribution in [0.15, 0.2) is 60.7 Å². The van der Waals surface area contributed by atoms with Crippen LogP contribution in [0, 0.1) is 0 Å². The molecule has 1 aliphatic heterocycles. The lowest BCUT2D eigenvalue weighted by Gasteiger charge is -2.34. The summed E-state index contributed by atoms with van der Waals surface area (Å²) in [5, 5.41) is 17.8. The van der Waals surface area contributed by atoms with Crippen LogP contribution in [0.2, 0.25) is 0 Å². The van der Waals surface area contributed by atoms with Crippen LogP contribution in [0.25, 0.3) is 6.08 Å². The van der Waals surface area contributed by atoms with E-state index >= 15 is 0 Å². The van der Waals surface area contributed by atoms with Crippen molar-refractivity contribution in [3.05, 3.63) is 71.8 Å². The molecule has 1 unspecified atom stereocenters. The molecule has 6 N–H and O–H groups in total. The number of carbonyl (C=O) groups excluding carboxylic acids is 3. The molecule has 200 valence electrons. The highest BCUT2D eigenvalue weighted by molar-refractivity contribution is 5.93. The molecule has 37 heavy (non-hydrogen) atoms. The van der Waals surface area contributed by atoms with E-state index in [2.05, 4.69) is 20.9 Å². The van der Waals surface area contributed by atoms with Gasteiger partial charge in [-0.25, -0.2) is 0 Å². The number of ketones is 1. The van der Waals surface area contributed by atoms with Crippen molar-refractivity contribution < 1.29 is 19.5 Å². The normalized spacial score (nSPS) is 17.4. The molecule has 9 nitrogen and oxygen atoms in total. The highest BCUT2D eigenvalue weighted by Gasteiger charge is 2.28. The number of benzene rings is 2. The van der Waals surface area contributed by atoms with Gasteiger partial charge in [0.1, 0.15) is 11.8 Å². The maximum absolute atomic E-state index is 12.9. The van der Waals surface area contributed by atoms with E-state index in [1.807, 2.05) is 42.5 Å². The molecule has 0 radical (unpaired) electrons. The van der Waals surface area contributed by atoms with E-state index in [4.69, 9.17) is 5.73 Å². The van der Waals surface area contributed by atoms with Gasteiger partial charge in [0.15, 0.2) is 5.78 Å². The summed E-state index contributed by atoms with van der Waals surface area (Å²) in [7, 11) is 0. The Morgan fingerprint density at radius 3 is 2.54 bits per heavy atom. The van der Waals surface area contributed by atoms with Gasteiger partial charge in [-0.15, -0.1) is 12.4 Å². The average Bonchev–Trinajstić information content (AvgIpc) is 2.89. The van der Waals surface area contributed by atoms with E-state index in [0.717, 1.165) is 24.2 Å². The lowest BCUT2D eigenvalue weighted by Crippen LogP contribution is -2.57.